The lowest BCUT2D eigenvalue weighted by molar-refractivity contribution is -0.114. The van der Waals surface area contributed by atoms with E-state index in [0.717, 1.165) is 59.6 Å². The summed E-state index contributed by atoms with van der Waals surface area (Å²) in [5, 5.41) is 3.07. The Balaban J connectivity index is 1.21. The van der Waals surface area contributed by atoms with E-state index in [0.29, 0.717) is 23.6 Å². The van der Waals surface area contributed by atoms with Gasteiger partial charge in [0.25, 0.3) is 11.8 Å². The van der Waals surface area contributed by atoms with Crippen LogP contribution < -0.4 is 10.2 Å². The fourth-order valence-corrected chi connectivity index (χ4v) is 6.93. The van der Waals surface area contributed by atoms with Crippen LogP contribution in [0.25, 0.3) is 6.08 Å². The van der Waals surface area contributed by atoms with Crippen LogP contribution >= 0.6 is 11.8 Å². The minimum Gasteiger partial charge on any atom is -0.352 e. The Morgan fingerprint density at radius 2 is 1.75 bits per heavy atom. The first-order chi connectivity index (χ1) is 19.4. The van der Waals surface area contributed by atoms with E-state index in [1.54, 1.807) is 0 Å². The van der Waals surface area contributed by atoms with Crippen molar-refractivity contribution in [2.24, 2.45) is 11.8 Å². The molecule has 2 unspecified atom stereocenters. The molecule has 3 aromatic rings. The van der Waals surface area contributed by atoms with Crippen LogP contribution in [0.15, 0.2) is 82.6 Å². The lowest BCUT2D eigenvalue weighted by Gasteiger charge is -2.34. The third-order valence-electron chi connectivity index (χ3n) is 7.61. The molecule has 2 heterocycles. The number of carbonyl (C=O) groups is 2. The molecule has 0 saturated carbocycles. The van der Waals surface area contributed by atoms with Crippen LogP contribution in [0, 0.1) is 18.8 Å². The molecule has 0 aliphatic carbocycles. The number of hydrogen-bond donors (Lipinski definition) is 1. The Morgan fingerprint density at radius 3 is 2.50 bits per heavy atom. The number of hydrogen-bond acceptors (Lipinski definition) is 4. The molecule has 2 amide bonds. The minimum atomic E-state index is -0.0547. The molecule has 2 aliphatic heterocycles. The van der Waals surface area contributed by atoms with Gasteiger partial charge in [-0.05, 0) is 79.6 Å². The normalized spacial score (nSPS) is 20.4. The van der Waals surface area contributed by atoms with Gasteiger partial charge >= 0.3 is 0 Å². The van der Waals surface area contributed by atoms with Crippen molar-refractivity contribution in [1.29, 1.82) is 0 Å². The molecule has 1 N–H and O–H groups in total. The van der Waals surface area contributed by atoms with Crippen molar-refractivity contribution in [3.63, 3.8) is 0 Å². The molecule has 3 aromatic carbocycles. The summed E-state index contributed by atoms with van der Waals surface area (Å²) in [7, 11) is 0. The summed E-state index contributed by atoms with van der Waals surface area (Å²) >= 11 is 1.50. The number of nitrogens with zero attached hydrogens (tertiary/aromatic N) is 2. The number of nitrogens with one attached hydrogen (secondary N) is 1. The van der Waals surface area contributed by atoms with Crippen LogP contribution in [-0.4, -0.2) is 42.9 Å². The van der Waals surface area contributed by atoms with E-state index in [1.165, 1.54) is 23.7 Å². The molecule has 2 atom stereocenters. The number of carbonyl (C=O) groups excluding carboxylic acids is 2. The quantitative estimate of drug-likeness (QED) is 0.247. The fraction of sp³-hybridized carbons (Fsp3) is 0.353. The Bertz CT molecular complexity index is 1370. The van der Waals surface area contributed by atoms with Gasteiger partial charge in [0.05, 0.1) is 17.1 Å². The van der Waals surface area contributed by atoms with Gasteiger partial charge in [-0.2, -0.15) is 0 Å². The highest BCUT2D eigenvalue weighted by molar-refractivity contribution is 8.04. The second-order valence-electron chi connectivity index (χ2n) is 11.4. The lowest BCUT2D eigenvalue weighted by Crippen LogP contribution is -2.40. The molecule has 6 heteroatoms. The van der Waals surface area contributed by atoms with Crippen LogP contribution in [0.3, 0.4) is 0 Å². The molecule has 40 heavy (non-hydrogen) atoms. The highest BCUT2D eigenvalue weighted by atomic mass is 32.2. The zero-order valence-electron chi connectivity index (χ0n) is 23.7. The standard InChI is InChI=1S/C34H39N3O2S/c1-24-8-6-9-28(19-24)23-37-30-10-4-5-11-31(30)40-32(34(37)39)20-27-12-14-29(15-13-27)33(38)35-16-7-17-36-21-25(2)18-26(3)22-36/h4-6,8-15,19-20,25-26H,7,16-18,21-23H2,1-3H3,(H,35,38)/b32-20+. The smallest absolute Gasteiger partial charge is 0.265 e. The average Bonchev–Trinajstić information content (AvgIpc) is 2.93. The molecular weight excluding hydrogens is 514 g/mol. The average molecular weight is 554 g/mol. The van der Waals surface area contributed by atoms with Gasteiger partial charge in [-0.3, -0.25) is 9.59 Å². The van der Waals surface area contributed by atoms with E-state index in [2.05, 4.69) is 55.3 Å². The molecular formula is C34H39N3O2S. The first-order valence-corrected chi connectivity index (χ1v) is 15.1. The van der Waals surface area contributed by atoms with Crippen LogP contribution in [-0.2, 0) is 11.3 Å². The van der Waals surface area contributed by atoms with Gasteiger partial charge in [-0.1, -0.05) is 79.7 Å². The van der Waals surface area contributed by atoms with Crippen molar-refractivity contribution in [1.82, 2.24) is 10.2 Å². The van der Waals surface area contributed by atoms with Gasteiger partial charge < -0.3 is 15.1 Å². The fourth-order valence-electron chi connectivity index (χ4n) is 5.88. The number of benzene rings is 3. The number of para-hydroxylation sites is 1. The predicted molar refractivity (Wildman–Crippen MR) is 165 cm³/mol. The minimum absolute atomic E-state index is 0.00970. The first kappa shape index (κ1) is 28.2. The summed E-state index contributed by atoms with van der Waals surface area (Å²) in [5.74, 6) is 1.44. The van der Waals surface area contributed by atoms with Crippen molar-refractivity contribution in [3.05, 3.63) is 100.0 Å². The number of likely N-dealkylation sites (tertiary alicyclic amines) is 1. The molecule has 5 nitrogen and oxygen atoms in total. The van der Waals surface area contributed by atoms with E-state index in [-0.39, 0.29) is 11.8 Å². The van der Waals surface area contributed by atoms with Crippen LogP contribution in [0.5, 0.6) is 0 Å². The highest BCUT2D eigenvalue weighted by Gasteiger charge is 2.29. The van der Waals surface area contributed by atoms with Gasteiger partial charge in [0.15, 0.2) is 0 Å². The van der Waals surface area contributed by atoms with E-state index in [4.69, 9.17) is 0 Å². The summed E-state index contributed by atoms with van der Waals surface area (Å²) in [6.07, 6.45) is 4.19. The molecule has 0 aromatic heterocycles. The number of rotatable bonds is 8. The second-order valence-corrected chi connectivity index (χ2v) is 12.5. The summed E-state index contributed by atoms with van der Waals surface area (Å²) in [4.78, 5) is 32.5. The Morgan fingerprint density at radius 1 is 1.00 bits per heavy atom. The van der Waals surface area contributed by atoms with Crippen molar-refractivity contribution in [2.45, 2.75) is 45.1 Å². The topological polar surface area (TPSA) is 52.7 Å². The van der Waals surface area contributed by atoms with Gasteiger partial charge in [0, 0.05) is 30.1 Å². The number of fused-ring (bicyclic) bond motifs is 1. The third kappa shape index (κ3) is 7.04. The Labute approximate surface area is 242 Å². The van der Waals surface area contributed by atoms with Crippen LogP contribution in [0.4, 0.5) is 5.69 Å². The predicted octanol–water partition coefficient (Wildman–Crippen LogP) is 6.77. The first-order valence-electron chi connectivity index (χ1n) is 14.3. The SMILES string of the molecule is Cc1cccc(CN2C(=O)/C(=C\c3ccc(C(=O)NCCCN4CC(C)CC(C)C4)cc3)Sc3ccccc32)c1. The molecule has 2 aliphatic rings. The Kier molecular flexibility index (Phi) is 9.08. The highest BCUT2D eigenvalue weighted by Crippen LogP contribution is 2.42. The third-order valence-corrected chi connectivity index (χ3v) is 8.68. The maximum Gasteiger partial charge on any atom is 0.265 e. The lowest BCUT2D eigenvalue weighted by atomic mass is 9.92. The van der Waals surface area contributed by atoms with Gasteiger partial charge in [-0.15, -0.1) is 0 Å². The van der Waals surface area contributed by atoms with Crippen molar-refractivity contribution in [3.8, 4) is 0 Å². The monoisotopic (exact) mass is 553 g/mol. The summed E-state index contributed by atoms with van der Waals surface area (Å²) in [5.41, 5.74) is 4.75. The largest absolute Gasteiger partial charge is 0.352 e. The van der Waals surface area contributed by atoms with E-state index < -0.39 is 0 Å². The van der Waals surface area contributed by atoms with E-state index in [1.807, 2.05) is 59.5 Å². The molecule has 0 radical (unpaired) electrons. The maximum atomic E-state index is 13.6. The summed E-state index contributed by atoms with van der Waals surface area (Å²) in [6.45, 7) is 11.3. The molecule has 0 spiro atoms. The zero-order chi connectivity index (χ0) is 28.1. The number of amides is 2. The zero-order valence-corrected chi connectivity index (χ0v) is 24.5. The van der Waals surface area contributed by atoms with E-state index >= 15 is 0 Å². The van der Waals surface area contributed by atoms with Crippen LogP contribution in [0.1, 0.15) is 53.7 Å². The van der Waals surface area contributed by atoms with Gasteiger partial charge in [0.2, 0.25) is 0 Å². The molecule has 208 valence electrons. The number of anilines is 1. The second kappa shape index (κ2) is 12.9. The Hall–Kier alpha value is -3.35. The van der Waals surface area contributed by atoms with E-state index in [9.17, 15) is 9.59 Å². The summed E-state index contributed by atoms with van der Waals surface area (Å²) < 4.78 is 0. The maximum absolute atomic E-state index is 13.6. The van der Waals surface area contributed by atoms with Gasteiger partial charge in [-0.25, -0.2) is 0 Å². The molecule has 5 rings (SSSR count). The van der Waals surface area contributed by atoms with Crippen molar-refractivity contribution in [2.75, 3.05) is 31.1 Å². The van der Waals surface area contributed by atoms with Gasteiger partial charge in [0.1, 0.15) is 0 Å². The number of thioether (sulfide) groups is 1. The number of piperidine rings is 1. The van der Waals surface area contributed by atoms with Crippen LogP contribution in [0.2, 0.25) is 0 Å². The number of aryl methyl sites for hydroxylation is 1. The van der Waals surface area contributed by atoms with Crippen molar-refractivity contribution < 1.29 is 9.59 Å². The molecule has 0 bridgehead atoms. The molecule has 1 saturated heterocycles. The van der Waals surface area contributed by atoms with Crippen molar-refractivity contribution >= 4 is 35.3 Å². The molecule has 1 fully saturated rings. The summed E-state index contributed by atoms with van der Waals surface area (Å²) in [6, 6.07) is 23.8.